The minimum Gasteiger partial charge on any atom is -0.461 e. The fraction of sp³-hybridized carbons (Fsp3) is 0.727. The van der Waals surface area contributed by atoms with Gasteiger partial charge in [-0.15, -0.1) is 0 Å². The molecule has 4 heteroatoms. The highest BCUT2D eigenvalue weighted by Gasteiger charge is 2.45. The van der Waals surface area contributed by atoms with Gasteiger partial charge in [0.1, 0.15) is 6.10 Å². The third-order valence-corrected chi connectivity index (χ3v) is 3.42. The smallest absolute Gasteiger partial charge is 0.306 e. The molecule has 3 rings (SSSR count). The first-order valence-electron chi connectivity index (χ1n) is 5.36. The molecule has 0 unspecified atom stereocenters. The molecule has 4 nitrogen and oxygen atoms in total. The molecule has 2 saturated heterocycles. The van der Waals surface area contributed by atoms with Gasteiger partial charge in [0.15, 0.2) is 5.79 Å². The highest BCUT2D eigenvalue weighted by atomic mass is 16.7. The minimum atomic E-state index is -0.573. The Balaban J connectivity index is 1.80. The van der Waals surface area contributed by atoms with Crippen LogP contribution in [0, 0.1) is 5.92 Å². The molecule has 0 amide bonds. The Bertz CT molecular complexity index is 327. The van der Waals surface area contributed by atoms with Crippen LogP contribution in [0.1, 0.15) is 19.8 Å². The Labute approximate surface area is 88.2 Å². The van der Waals surface area contributed by atoms with Crippen molar-refractivity contribution in [3.8, 4) is 0 Å². The fourth-order valence-corrected chi connectivity index (χ4v) is 2.57. The number of carbonyl (C=O) groups excluding carboxylic acids is 1. The van der Waals surface area contributed by atoms with Gasteiger partial charge in [-0.25, -0.2) is 0 Å². The van der Waals surface area contributed by atoms with Crippen LogP contribution in [0.15, 0.2) is 11.6 Å². The van der Waals surface area contributed by atoms with Crippen molar-refractivity contribution in [1.82, 2.24) is 0 Å². The number of carbonyl (C=O) groups is 1. The average Bonchev–Trinajstić information content (AvgIpc) is 2.79. The van der Waals surface area contributed by atoms with E-state index >= 15 is 0 Å². The van der Waals surface area contributed by atoms with Gasteiger partial charge in [0, 0.05) is 12.3 Å². The molecular weight excluding hydrogens is 196 g/mol. The van der Waals surface area contributed by atoms with Crippen LogP contribution in [0.25, 0.3) is 0 Å². The molecule has 0 bridgehead atoms. The average molecular weight is 210 g/mol. The SMILES string of the molecule is CC1(C2=C[C@H]3CC(=O)O[C@H]3C2)OCCO1. The first-order chi connectivity index (χ1) is 7.17. The van der Waals surface area contributed by atoms with E-state index in [0.717, 1.165) is 12.0 Å². The molecule has 0 spiro atoms. The minimum absolute atomic E-state index is 0.0251. The van der Waals surface area contributed by atoms with Crippen LogP contribution in [0.3, 0.4) is 0 Å². The summed E-state index contributed by atoms with van der Waals surface area (Å²) in [5.74, 6) is -0.424. The van der Waals surface area contributed by atoms with E-state index in [9.17, 15) is 4.79 Å². The van der Waals surface area contributed by atoms with Gasteiger partial charge < -0.3 is 14.2 Å². The van der Waals surface area contributed by atoms with E-state index in [4.69, 9.17) is 14.2 Å². The van der Waals surface area contributed by atoms with Crippen molar-refractivity contribution in [2.45, 2.75) is 31.7 Å². The quantitative estimate of drug-likeness (QED) is 0.478. The summed E-state index contributed by atoms with van der Waals surface area (Å²) < 4.78 is 16.4. The highest BCUT2D eigenvalue weighted by molar-refractivity contribution is 5.73. The lowest BCUT2D eigenvalue weighted by Gasteiger charge is -2.24. The number of fused-ring (bicyclic) bond motifs is 1. The van der Waals surface area contributed by atoms with Crippen molar-refractivity contribution in [3.05, 3.63) is 11.6 Å². The monoisotopic (exact) mass is 210 g/mol. The predicted molar refractivity (Wildman–Crippen MR) is 51.0 cm³/mol. The molecule has 1 aliphatic carbocycles. The maximum atomic E-state index is 11.1. The third-order valence-electron chi connectivity index (χ3n) is 3.42. The van der Waals surface area contributed by atoms with Crippen molar-refractivity contribution >= 4 is 5.97 Å². The summed E-state index contributed by atoms with van der Waals surface area (Å²) >= 11 is 0. The molecule has 15 heavy (non-hydrogen) atoms. The van der Waals surface area contributed by atoms with Gasteiger partial charge in [0.25, 0.3) is 0 Å². The Hall–Kier alpha value is -0.870. The zero-order valence-electron chi connectivity index (χ0n) is 8.69. The maximum Gasteiger partial charge on any atom is 0.306 e. The van der Waals surface area contributed by atoms with Gasteiger partial charge in [0.2, 0.25) is 0 Å². The van der Waals surface area contributed by atoms with Crippen LogP contribution >= 0.6 is 0 Å². The molecule has 0 N–H and O–H groups in total. The standard InChI is InChI=1S/C11H14O4/c1-11(13-2-3-14-11)8-4-7-5-10(12)15-9(7)6-8/h4,7,9H,2-3,5-6H2,1H3/t7-,9-/m0/s1. The second-order valence-electron chi connectivity index (χ2n) is 4.43. The maximum absolute atomic E-state index is 11.1. The summed E-state index contributed by atoms with van der Waals surface area (Å²) in [7, 11) is 0. The first-order valence-corrected chi connectivity index (χ1v) is 5.36. The summed E-state index contributed by atoms with van der Waals surface area (Å²) in [5, 5.41) is 0. The summed E-state index contributed by atoms with van der Waals surface area (Å²) in [6.45, 7) is 3.22. The van der Waals surface area contributed by atoms with Crippen LogP contribution in [0.5, 0.6) is 0 Å². The van der Waals surface area contributed by atoms with E-state index in [2.05, 4.69) is 6.08 Å². The molecule has 2 fully saturated rings. The number of esters is 1. The Kier molecular flexibility index (Phi) is 1.91. The summed E-state index contributed by atoms with van der Waals surface area (Å²) in [6.07, 6.45) is 3.38. The van der Waals surface area contributed by atoms with E-state index < -0.39 is 5.79 Å². The number of hydrogen-bond donors (Lipinski definition) is 0. The molecule has 0 aromatic rings. The van der Waals surface area contributed by atoms with Crippen molar-refractivity contribution < 1.29 is 19.0 Å². The second kappa shape index (κ2) is 3.06. The zero-order chi connectivity index (χ0) is 10.5. The van der Waals surface area contributed by atoms with E-state index in [0.29, 0.717) is 19.6 Å². The molecule has 2 aliphatic heterocycles. The second-order valence-corrected chi connectivity index (χ2v) is 4.43. The van der Waals surface area contributed by atoms with Gasteiger partial charge in [0.05, 0.1) is 19.6 Å². The Morgan fingerprint density at radius 3 is 2.73 bits per heavy atom. The van der Waals surface area contributed by atoms with Gasteiger partial charge in [-0.1, -0.05) is 6.08 Å². The predicted octanol–water partition coefficient (Wildman–Crippen LogP) is 1.01. The van der Waals surface area contributed by atoms with Gasteiger partial charge in [-0.2, -0.15) is 0 Å². The lowest BCUT2D eigenvalue weighted by Crippen LogP contribution is -2.28. The van der Waals surface area contributed by atoms with Crippen LogP contribution in [-0.2, 0) is 19.0 Å². The molecule has 0 aromatic heterocycles. The largest absolute Gasteiger partial charge is 0.461 e. The Morgan fingerprint density at radius 2 is 2.07 bits per heavy atom. The molecule has 2 atom stereocenters. The molecular formula is C11H14O4. The van der Waals surface area contributed by atoms with Crippen molar-refractivity contribution in [2.75, 3.05) is 13.2 Å². The number of ether oxygens (including phenoxy) is 3. The van der Waals surface area contributed by atoms with E-state index in [1.54, 1.807) is 0 Å². The third kappa shape index (κ3) is 1.40. The Morgan fingerprint density at radius 1 is 1.33 bits per heavy atom. The van der Waals surface area contributed by atoms with Gasteiger partial charge in [-0.05, 0) is 12.5 Å². The molecule has 0 radical (unpaired) electrons. The molecule has 3 aliphatic rings. The number of hydrogen-bond acceptors (Lipinski definition) is 4. The van der Waals surface area contributed by atoms with Crippen molar-refractivity contribution in [3.63, 3.8) is 0 Å². The lowest BCUT2D eigenvalue weighted by atomic mass is 10.1. The zero-order valence-corrected chi connectivity index (χ0v) is 8.69. The van der Waals surface area contributed by atoms with E-state index in [1.807, 2.05) is 6.92 Å². The normalized spacial score (nSPS) is 37.7. The van der Waals surface area contributed by atoms with Gasteiger partial charge in [-0.3, -0.25) is 4.79 Å². The highest BCUT2D eigenvalue weighted by Crippen LogP contribution is 2.42. The van der Waals surface area contributed by atoms with Crippen LogP contribution in [-0.4, -0.2) is 31.1 Å². The van der Waals surface area contributed by atoms with Crippen LogP contribution < -0.4 is 0 Å². The van der Waals surface area contributed by atoms with Crippen LogP contribution in [0.2, 0.25) is 0 Å². The van der Waals surface area contributed by atoms with Gasteiger partial charge >= 0.3 is 5.97 Å². The van der Waals surface area contributed by atoms with E-state index in [1.165, 1.54) is 0 Å². The summed E-state index contributed by atoms with van der Waals surface area (Å²) in [4.78, 5) is 11.1. The molecule has 2 heterocycles. The topological polar surface area (TPSA) is 44.8 Å². The summed E-state index contributed by atoms with van der Waals surface area (Å²) in [6, 6.07) is 0. The number of rotatable bonds is 1. The molecule has 82 valence electrons. The molecule has 0 aromatic carbocycles. The van der Waals surface area contributed by atoms with Crippen molar-refractivity contribution in [1.29, 1.82) is 0 Å². The fourth-order valence-electron chi connectivity index (χ4n) is 2.57. The summed E-state index contributed by atoms with van der Waals surface area (Å²) in [5.41, 5.74) is 1.13. The lowest BCUT2D eigenvalue weighted by molar-refractivity contribution is -0.142. The van der Waals surface area contributed by atoms with Crippen molar-refractivity contribution in [2.24, 2.45) is 5.92 Å². The first kappa shape index (κ1) is 9.36. The van der Waals surface area contributed by atoms with E-state index in [-0.39, 0.29) is 18.0 Å². The van der Waals surface area contributed by atoms with Crippen LogP contribution in [0.4, 0.5) is 0 Å². The molecule has 0 saturated carbocycles.